The molecule has 0 heterocycles. The van der Waals surface area contributed by atoms with Crippen LogP contribution in [0.15, 0.2) is 18.2 Å². The van der Waals surface area contributed by atoms with Crippen LogP contribution in [0.3, 0.4) is 0 Å². The number of hydrogen-bond donors (Lipinski definition) is 1. The minimum atomic E-state index is -4.51. The second kappa shape index (κ2) is 9.30. The summed E-state index contributed by atoms with van der Waals surface area (Å²) in [4.78, 5) is 0. The maximum atomic E-state index is 13.2. The number of nitrogens with one attached hydrogen (secondary N) is 1. The van der Waals surface area contributed by atoms with E-state index in [9.17, 15) is 17.6 Å². The topological polar surface area (TPSA) is 12.0 Å². The third kappa shape index (κ3) is 7.71. The van der Waals surface area contributed by atoms with E-state index in [1.807, 2.05) is 11.8 Å². The maximum absolute atomic E-state index is 13.2. The summed E-state index contributed by atoms with van der Waals surface area (Å²) in [6.07, 6.45) is 2.02. The van der Waals surface area contributed by atoms with Crippen LogP contribution in [0, 0.1) is 5.82 Å². The highest BCUT2D eigenvalue weighted by Gasteiger charge is 2.31. The van der Waals surface area contributed by atoms with Gasteiger partial charge in [-0.2, -0.15) is 24.9 Å². The van der Waals surface area contributed by atoms with Crippen LogP contribution in [0.1, 0.15) is 36.8 Å². The van der Waals surface area contributed by atoms with E-state index in [4.69, 9.17) is 0 Å². The molecule has 0 atom stereocenters. The molecule has 0 aliphatic heterocycles. The monoisotopic (exact) mass is 323 g/mol. The van der Waals surface area contributed by atoms with Gasteiger partial charge in [-0.3, -0.25) is 0 Å². The molecule has 1 N–H and O–H groups in total. The molecule has 0 aromatic heterocycles. The third-order valence-corrected chi connectivity index (χ3v) is 3.76. The molecule has 0 radical (unpaired) electrons. The summed E-state index contributed by atoms with van der Waals surface area (Å²) in [5, 5.41) is 3.06. The molecule has 0 spiro atoms. The van der Waals surface area contributed by atoms with Gasteiger partial charge in [-0.25, -0.2) is 4.39 Å². The molecule has 0 aliphatic rings. The van der Waals surface area contributed by atoms with E-state index in [0.717, 1.165) is 37.3 Å². The summed E-state index contributed by atoms with van der Waals surface area (Å²) in [6, 6.07) is 2.66. The highest BCUT2D eigenvalue weighted by atomic mass is 32.2. The van der Waals surface area contributed by atoms with Crippen LogP contribution >= 0.6 is 11.8 Å². The summed E-state index contributed by atoms with van der Waals surface area (Å²) in [6.45, 7) is 0.989. The summed E-state index contributed by atoms with van der Waals surface area (Å²) < 4.78 is 50.8. The first-order valence-corrected chi connectivity index (χ1v) is 8.39. The lowest BCUT2D eigenvalue weighted by atomic mass is 10.1. The predicted octanol–water partition coefficient (Wildman–Crippen LogP) is 4.86. The van der Waals surface area contributed by atoms with Crippen molar-refractivity contribution in [3.8, 4) is 0 Å². The van der Waals surface area contributed by atoms with Crippen molar-refractivity contribution in [3.63, 3.8) is 0 Å². The quantitative estimate of drug-likeness (QED) is 0.514. The van der Waals surface area contributed by atoms with Crippen molar-refractivity contribution in [2.75, 3.05) is 18.6 Å². The average molecular weight is 323 g/mol. The number of benzene rings is 1. The fraction of sp³-hybridized carbons (Fsp3) is 0.600. The summed E-state index contributed by atoms with van der Waals surface area (Å²) in [5.74, 6) is 0.315. The molecule has 6 heteroatoms. The van der Waals surface area contributed by atoms with Crippen molar-refractivity contribution >= 4 is 11.8 Å². The minimum absolute atomic E-state index is 0.256. The van der Waals surface area contributed by atoms with Gasteiger partial charge in [-0.15, -0.1) is 0 Å². The number of halogens is 4. The second-order valence-corrected chi connectivity index (χ2v) is 5.92. The number of thioether (sulfide) groups is 1. The van der Waals surface area contributed by atoms with E-state index in [2.05, 4.69) is 11.6 Å². The fourth-order valence-electron chi connectivity index (χ4n) is 2.00. The molecule has 0 unspecified atom stereocenters. The normalized spacial score (nSPS) is 11.9. The molecule has 0 bridgehead atoms. The van der Waals surface area contributed by atoms with Gasteiger partial charge < -0.3 is 5.32 Å². The number of alkyl halides is 3. The van der Waals surface area contributed by atoms with Crippen molar-refractivity contribution in [1.29, 1.82) is 0 Å². The molecule has 0 amide bonds. The van der Waals surface area contributed by atoms with Crippen LogP contribution in [0.25, 0.3) is 0 Å². The van der Waals surface area contributed by atoms with Gasteiger partial charge in [0.25, 0.3) is 0 Å². The largest absolute Gasteiger partial charge is 0.416 e. The molecule has 1 rings (SSSR count). The Morgan fingerprint density at radius 3 is 2.43 bits per heavy atom. The Hall–Kier alpha value is -0.750. The molecule has 0 saturated heterocycles. The highest BCUT2D eigenvalue weighted by molar-refractivity contribution is 7.98. The van der Waals surface area contributed by atoms with Crippen molar-refractivity contribution in [3.05, 3.63) is 35.1 Å². The van der Waals surface area contributed by atoms with E-state index >= 15 is 0 Å². The van der Waals surface area contributed by atoms with Crippen LogP contribution in [-0.4, -0.2) is 18.6 Å². The molecular formula is C15H21F4NS. The highest BCUT2D eigenvalue weighted by Crippen LogP contribution is 2.30. The minimum Gasteiger partial charge on any atom is -0.313 e. The van der Waals surface area contributed by atoms with E-state index in [0.29, 0.717) is 11.6 Å². The van der Waals surface area contributed by atoms with Crippen molar-refractivity contribution in [2.24, 2.45) is 0 Å². The summed E-state index contributed by atoms with van der Waals surface area (Å²) in [5.41, 5.74) is -0.610. The number of rotatable bonds is 9. The SMILES string of the molecule is CSCCCCCCNCc1cc(F)cc(C(F)(F)F)c1. The molecule has 1 nitrogen and oxygen atoms in total. The average Bonchev–Trinajstić information content (AvgIpc) is 2.40. The first-order chi connectivity index (χ1) is 9.93. The molecule has 21 heavy (non-hydrogen) atoms. The maximum Gasteiger partial charge on any atom is 0.416 e. The number of hydrogen-bond acceptors (Lipinski definition) is 2. The second-order valence-electron chi connectivity index (χ2n) is 4.93. The first kappa shape index (κ1) is 18.3. The zero-order chi connectivity index (χ0) is 15.7. The van der Waals surface area contributed by atoms with Gasteiger partial charge in [0.05, 0.1) is 5.56 Å². The lowest BCUT2D eigenvalue weighted by molar-refractivity contribution is -0.137. The Balaban J connectivity index is 2.31. The Kier molecular flexibility index (Phi) is 8.11. The van der Waals surface area contributed by atoms with E-state index in [1.54, 1.807) is 0 Å². The van der Waals surface area contributed by atoms with Gasteiger partial charge in [0, 0.05) is 6.54 Å². The Labute approximate surface area is 127 Å². The number of unbranched alkanes of at least 4 members (excludes halogenated alkanes) is 3. The lowest BCUT2D eigenvalue weighted by Gasteiger charge is -2.10. The van der Waals surface area contributed by atoms with Crippen LogP contribution in [0.2, 0.25) is 0 Å². The molecule has 0 aliphatic carbocycles. The fourth-order valence-corrected chi connectivity index (χ4v) is 2.49. The van der Waals surface area contributed by atoms with Crippen molar-refractivity contribution < 1.29 is 17.6 Å². The Bertz CT molecular complexity index is 421. The Morgan fingerprint density at radius 2 is 1.76 bits per heavy atom. The van der Waals surface area contributed by atoms with E-state index in [-0.39, 0.29) is 6.54 Å². The van der Waals surface area contributed by atoms with Crippen LogP contribution < -0.4 is 5.32 Å². The van der Waals surface area contributed by atoms with Crippen LogP contribution in [0.4, 0.5) is 17.6 Å². The van der Waals surface area contributed by atoms with Crippen molar-refractivity contribution in [2.45, 2.75) is 38.4 Å². The van der Waals surface area contributed by atoms with Crippen LogP contribution in [0.5, 0.6) is 0 Å². The smallest absolute Gasteiger partial charge is 0.313 e. The van der Waals surface area contributed by atoms with Gasteiger partial charge in [0.15, 0.2) is 0 Å². The third-order valence-electron chi connectivity index (χ3n) is 3.07. The van der Waals surface area contributed by atoms with E-state index in [1.165, 1.54) is 12.8 Å². The first-order valence-electron chi connectivity index (χ1n) is 7.00. The van der Waals surface area contributed by atoms with Crippen molar-refractivity contribution in [1.82, 2.24) is 5.32 Å². The van der Waals surface area contributed by atoms with Gasteiger partial charge in [-0.05, 0) is 55.2 Å². The van der Waals surface area contributed by atoms with Gasteiger partial charge in [0.2, 0.25) is 0 Å². The van der Waals surface area contributed by atoms with Gasteiger partial charge >= 0.3 is 6.18 Å². The molecule has 1 aromatic rings. The molecular weight excluding hydrogens is 302 g/mol. The summed E-state index contributed by atoms with van der Waals surface area (Å²) >= 11 is 1.83. The van der Waals surface area contributed by atoms with Gasteiger partial charge in [-0.1, -0.05) is 12.8 Å². The summed E-state index contributed by atoms with van der Waals surface area (Å²) in [7, 11) is 0. The zero-order valence-electron chi connectivity index (χ0n) is 12.1. The van der Waals surface area contributed by atoms with E-state index < -0.39 is 17.6 Å². The molecule has 0 fully saturated rings. The molecule has 120 valence electrons. The lowest BCUT2D eigenvalue weighted by Crippen LogP contribution is -2.16. The predicted molar refractivity (Wildman–Crippen MR) is 80.0 cm³/mol. The zero-order valence-corrected chi connectivity index (χ0v) is 12.9. The standard InChI is InChI=1S/C15H21F4NS/c1-21-7-5-3-2-4-6-20-11-12-8-13(15(17,18)19)10-14(16)9-12/h8-10,20H,2-7,11H2,1H3. The van der Waals surface area contributed by atoms with Crippen LogP contribution in [-0.2, 0) is 12.7 Å². The molecule has 0 saturated carbocycles. The van der Waals surface area contributed by atoms with Gasteiger partial charge in [0.1, 0.15) is 5.82 Å². The Morgan fingerprint density at radius 1 is 1.05 bits per heavy atom. The molecule has 1 aromatic carbocycles.